The Labute approximate surface area is 141 Å². The number of primary amides is 1. The van der Waals surface area contributed by atoms with Gasteiger partial charge in [0.05, 0.1) is 0 Å². The molecular formula is C16H15F3N4O2. The minimum atomic E-state index is -1.64. The largest absolute Gasteiger partial charge is 0.384 e. The molecule has 25 heavy (non-hydrogen) atoms. The van der Waals surface area contributed by atoms with Gasteiger partial charge in [0.1, 0.15) is 17.2 Å². The van der Waals surface area contributed by atoms with Crippen molar-refractivity contribution >= 4 is 17.6 Å². The van der Waals surface area contributed by atoms with Gasteiger partial charge in [-0.1, -0.05) is 6.07 Å². The maximum atomic E-state index is 14.0. The van der Waals surface area contributed by atoms with Crippen molar-refractivity contribution in [3.63, 3.8) is 0 Å². The van der Waals surface area contributed by atoms with E-state index in [1.807, 2.05) is 0 Å². The second-order valence-electron chi connectivity index (χ2n) is 5.25. The molecule has 0 spiro atoms. The lowest BCUT2D eigenvalue weighted by Gasteiger charge is -2.09. The van der Waals surface area contributed by atoms with E-state index in [4.69, 9.17) is 11.5 Å². The summed E-state index contributed by atoms with van der Waals surface area (Å²) in [6, 6.07) is 3.86. The van der Waals surface area contributed by atoms with E-state index in [-0.39, 0.29) is 24.9 Å². The Morgan fingerprint density at radius 3 is 2.48 bits per heavy atom. The molecule has 1 aromatic carbocycles. The molecule has 0 bridgehead atoms. The van der Waals surface area contributed by atoms with E-state index in [0.29, 0.717) is 17.4 Å². The molecule has 5 N–H and O–H groups in total. The summed E-state index contributed by atoms with van der Waals surface area (Å²) in [4.78, 5) is 26.7. The number of carbonyl (C=O) groups is 2. The first-order valence-corrected chi connectivity index (χ1v) is 7.23. The molecule has 6 nitrogen and oxygen atoms in total. The molecule has 0 saturated carbocycles. The van der Waals surface area contributed by atoms with Gasteiger partial charge in [0, 0.05) is 19.2 Å². The predicted molar refractivity (Wildman–Crippen MR) is 83.7 cm³/mol. The fourth-order valence-corrected chi connectivity index (χ4v) is 2.13. The number of benzene rings is 1. The number of nitrogens with two attached hydrogens (primary N) is 2. The summed E-state index contributed by atoms with van der Waals surface area (Å²) in [5.41, 5.74) is 9.54. The molecule has 0 aliphatic heterocycles. The van der Waals surface area contributed by atoms with Crippen LogP contribution in [0.3, 0.4) is 0 Å². The number of nitrogens with one attached hydrogen (secondary N) is 1. The zero-order chi connectivity index (χ0) is 18.6. The van der Waals surface area contributed by atoms with Crippen LogP contribution < -0.4 is 16.8 Å². The normalized spacial score (nSPS) is 10.5. The Bertz CT molecular complexity index is 810. The zero-order valence-electron chi connectivity index (χ0n) is 13.0. The first-order chi connectivity index (χ1) is 11.8. The van der Waals surface area contributed by atoms with Gasteiger partial charge in [-0.05, 0) is 29.7 Å². The minimum absolute atomic E-state index is 0.179. The van der Waals surface area contributed by atoms with Crippen molar-refractivity contribution in [2.45, 2.75) is 19.4 Å². The number of amides is 2. The number of aromatic nitrogens is 1. The SMILES string of the molecule is NC(=O)c1c(F)c(F)cc(CCC(=O)NCc2ccc(N)nc2)c1F. The van der Waals surface area contributed by atoms with Crippen LogP contribution in [-0.2, 0) is 17.8 Å². The van der Waals surface area contributed by atoms with Crippen molar-refractivity contribution in [3.05, 3.63) is 58.5 Å². The fourth-order valence-electron chi connectivity index (χ4n) is 2.13. The third-order valence-electron chi connectivity index (χ3n) is 3.44. The number of nitrogen functional groups attached to an aromatic ring is 1. The van der Waals surface area contributed by atoms with E-state index in [1.165, 1.54) is 6.20 Å². The smallest absolute Gasteiger partial charge is 0.254 e. The van der Waals surface area contributed by atoms with E-state index in [2.05, 4.69) is 10.3 Å². The molecule has 0 radical (unpaired) electrons. The number of hydrogen-bond donors (Lipinski definition) is 3. The zero-order valence-corrected chi connectivity index (χ0v) is 13.0. The van der Waals surface area contributed by atoms with Crippen LogP contribution in [0.2, 0.25) is 0 Å². The quantitative estimate of drug-likeness (QED) is 0.683. The summed E-state index contributed by atoms with van der Waals surface area (Å²) in [5.74, 6) is -5.83. The number of hydrogen-bond acceptors (Lipinski definition) is 4. The van der Waals surface area contributed by atoms with E-state index >= 15 is 0 Å². The lowest BCUT2D eigenvalue weighted by atomic mass is 10.0. The molecule has 0 saturated heterocycles. The van der Waals surface area contributed by atoms with Gasteiger partial charge in [0.25, 0.3) is 5.91 Å². The number of nitrogens with zero attached hydrogens (tertiary/aromatic N) is 1. The van der Waals surface area contributed by atoms with Crippen molar-refractivity contribution in [3.8, 4) is 0 Å². The average molecular weight is 352 g/mol. The molecule has 2 amide bonds. The van der Waals surface area contributed by atoms with Crippen LogP contribution in [0.25, 0.3) is 0 Å². The second-order valence-corrected chi connectivity index (χ2v) is 5.25. The van der Waals surface area contributed by atoms with Crippen molar-refractivity contribution < 1.29 is 22.8 Å². The Hall–Kier alpha value is -3.10. The molecule has 1 heterocycles. The van der Waals surface area contributed by atoms with Gasteiger partial charge in [-0.15, -0.1) is 0 Å². The van der Waals surface area contributed by atoms with E-state index in [9.17, 15) is 22.8 Å². The fraction of sp³-hybridized carbons (Fsp3) is 0.188. The first-order valence-electron chi connectivity index (χ1n) is 7.23. The standard InChI is InChI=1S/C16H15F3N4O2/c17-10-5-9(14(18)13(15(10)19)16(21)25)2-4-12(24)23-7-8-1-3-11(20)22-6-8/h1,3,5-6H,2,4,7H2,(H2,20,22)(H2,21,25)(H,23,24). The summed E-state index contributed by atoms with van der Waals surface area (Å²) in [5, 5.41) is 2.57. The highest BCUT2D eigenvalue weighted by Crippen LogP contribution is 2.21. The Balaban J connectivity index is 2.00. The Kier molecular flexibility index (Phi) is 5.58. The summed E-state index contributed by atoms with van der Waals surface area (Å²) >= 11 is 0. The van der Waals surface area contributed by atoms with Crippen molar-refractivity contribution in [2.75, 3.05) is 5.73 Å². The van der Waals surface area contributed by atoms with Gasteiger partial charge in [0.2, 0.25) is 5.91 Å². The lowest BCUT2D eigenvalue weighted by molar-refractivity contribution is -0.121. The van der Waals surface area contributed by atoms with E-state index < -0.39 is 34.8 Å². The molecule has 0 aliphatic rings. The first kappa shape index (κ1) is 18.2. The summed E-state index contributed by atoms with van der Waals surface area (Å²) in [7, 11) is 0. The number of pyridine rings is 1. The Morgan fingerprint density at radius 2 is 1.88 bits per heavy atom. The van der Waals surface area contributed by atoms with Gasteiger partial charge in [-0.2, -0.15) is 0 Å². The molecular weight excluding hydrogens is 337 g/mol. The number of anilines is 1. The van der Waals surface area contributed by atoms with Crippen LogP contribution in [0.5, 0.6) is 0 Å². The van der Waals surface area contributed by atoms with Crippen LogP contribution >= 0.6 is 0 Å². The van der Waals surface area contributed by atoms with Crippen molar-refractivity contribution in [2.24, 2.45) is 5.73 Å². The maximum absolute atomic E-state index is 14.0. The van der Waals surface area contributed by atoms with Gasteiger partial charge in [0.15, 0.2) is 11.6 Å². The lowest BCUT2D eigenvalue weighted by Crippen LogP contribution is -2.23. The molecule has 0 atom stereocenters. The van der Waals surface area contributed by atoms with Gasteiger partial charge >= 0.3 is 0 Å². The molecule has 2 aromatic rings. The highest BCUT2D eigenvalue weighted by atomic mass is 19.2. The molecule has 132 valence electrons. The van der Waals surface area contributed by atoms with Crippen LogP contribution in [0, 0.1) is 17.5 Å². The summed E-state index contributed by atoms with van der Waals surface area (Å²) in [6.45, 7) is 0.179. The number of halogens is 3. The average Bonchev–Trinajstić information content (AvgIpc) is 2.56. The monoisotopic (exact) mass is 352 g/mol. The van der Waals surface area contributed by atoms with Gasteiger partial charge < -0.3 is 16.8 Å². The van der Waals surface area contributed by atoms with Crippen LogP contribution in [-0.4, -0.2) is 16.8 Å². The predicted octanol–water partition coefficient (Wildman–Crippen LogP) is 1.43. The number of rotatable bonds is 6. The van der Waals surface area contributed by atoms with Crippen LogP contribution in [0.1, 0.15) is 27.9 Å². The number of carbonyl (C=O) groups excluding carboxylic acids is 2. The minimum Gasteiger partial charge on any atom is -0.384 e. The molecule has 9 heteroatoms. The van der Waals surface area contributed by atoms with Crippen LogP contribution in [0.4, 0.5) is 19.0 Å². The van der Waals surface area contributed by atoms with E-state index in [0.717, 1.165) is 0 Å². The summed E-state index contributed by atoms with van der Waals surface area (Å²) in [6.07, 6.45) is 1.07. The Morgan fingerprint density at radius 1 is 1.16 bits per heavy atom. The highest BCUT2D eigenvalue weighted by molar-refractivity contribution is 5.93. The van der Waals surface area contributed by atoms with Gasteiger partial charge in [-0.3, -0.25) is 9.59 Å². The van der Waals surface area contributed by atoms with Crippen molar-refractivity contribution in [1.29, 1.82) is 0 Å². The third-order valence-corrected chi connectivity index (χ3v) is 3.44. The molecule has 0 fully saturated rings. The molecule has 0 aliphatic carbocycles. The topological polar surface area (TPSA) is 111 Å². The van der Waals surface area contributed by atoms with E-state index in [1.54, 1.807) is 12.1 Å². The molecule has 0 unspecified atom stereocenters. The second kappa shape index (κ2) is 7.65. The van der Waals surface area contributed by atoms with Crippen molar-refractivity contribution in [1.82, 2.24) is 10.3 Å². The highest BCUT2D eigenvalue weighted by Gasteiger charge is 2.22. The molecule has 1 aromatic heterocycles. The number of aryl methyl sites for hydroxylation is 1. The van der Waals surface area contributed by atoms with Gasteiger partial charge in [-0.25, -0.2) is 18.2 Å². The maximum Gasteiger partial charge on any atom is 0.254 e. The van der Waals surface area contributed by atoms with Crippen LogP contribution in [0.15, 0.2) is 24.4 Å². The molecule has 2 rings (SSSR count). The third kappa shape index (κ3) is 4.46. The summed E-state index contributed by atoms with van der Waals surface area (Å²) < 4.78 is 40.9.